The van der Waals surface area contributed by atoms with Crippen LogP contribution in [0.2, 0.25) is 0 Å². The zero-order chi connectivity index (χ0) is 6.97. The van der Waals surface area contributed by atoms with Crippen LogP contribution in [-0.2, 0) is 0 Å². The van der Waals surface area contributed by atoms with Gasteiger partial charge in [-0.3, -0.25) is 0 Å². The van der Waals surface area contributed by atoms with Crippen molar-refractivity contribution in [3.8, 4) is 0 Å². The maximum Gasteiger partial charge on any atom is 0.115 e. The van der Waals surface area contributed by atoms with Crippen molar-refractivity contribution < 1.29 is 0 Å². The molecule has 1 radical (unpaired) electrons. The van der Waals surface area contributed by atoms with E-state index in [1.165, 1.54) is 5.56 Å². The Balaban J connectivity index is 2.59. The number of benzene rings is 1. The molecule has 0 atom stereocenters. The Hall–Kier alpha value is -1.38. The summed E-state index contributed by atoms with van der Waals surface area (Å²) in [5, 5.41) is 7.34. The molecule has 0 saturated carbocycles. The average molecular weight is 132 g/mol. The zero-order valence-corrected chi connectivity index (χ0v) is 5.57. The van der Waals surface area contributed by atoms with Gasteiger partial charge in [-0.2, -0.15) is 0 Å². The lowest BCUT2D eigenvalue weighted by molar-refractivity contribution is 0.922. The molecule has 2 rings (SSSR count). The summed E-state index contributed by atoms with van der Waals surface area (Å²) in [6.07, 6.45) is 0. The third-order valence-corrected chi connectivity index (χ3v) is 1.44. The topological polar surface area (TPSA) is 38.8 Å². The van der Waals surface area contributed by atoms with Gasteiger partial charge in [-0.15, -0.1) is 10.5 Å². The van der Waals surface area contributed by atoms with Gasteiger partial charge in [0.15, 0.2) is 0 Å². The van der Waals surface area contributed by atoms with Crippen LogP contribution in [0, 0.1) is 6.92 Å². The summed E-state index contributed by atoms with van der Waals surface area (Å²) in [7, 11) is 0. The second kappa shape index (κ2) is 1.80. The highest BCUT2D eigenvalue weighted by Gasteiger charge is 2.07. The molecule has 0 aromatic heterocycles. The first kappa shape index (κ1) is 5.41. The molecule has 0 amide bonds. The van der Waals surface area contributed by atoms with E-state index in [1.54, 1.807) is 0 Å². The van der Waals surface area contributed by atoms with Gasteiger partial charge < -0.3 is 0 Å². The molecule has 0 spiro atoms. The van der Waals surface area contributed by atoms with Crippen LogP contribution in [-0.4, -0.2) is 0 Å². The van der Waals surface area contributed by atoms with Gasteiger partial charge in [0.2, 0.25) is 0 Å². The van der Waals surface area contributed by atoms with Gasteiger partial charge in [-0.25, -0.2) is 0 Å². The first-order valence-corrected chi connectivity index (χ1v) is 3.09. The molecule has 1 aromatic carbocycles. The number of hydrogen-bond acceptors (Lipinski definition) is 2. The lowest BCUT2D eigenvalue weighted by Crippen LogP contribution is -1.79. The molecule has 1 aliphatic rings. The average Bonchev–Trinajstić information content (AvgIpc) is 2.33. The van der Waals surface area contributed by atoms with E-state index in [1.807, 2.05) is 25.1 Å². The molecule has 3 heteroatoms. The van der Waals surface area contributed by atoms with Gasteiger partial charge in [-0.1, -0.05) is 6.07 Å². The molecule has 1 heterocycles. The lowest BCUT2D eigenvalue weighted by atomic mass is 10.2. The van der Waals surface area contributed by atoms with E-state index in [4.69, 9.17) is 0 Å². The molecule has 10 heavy (non-hydrogen) atoms. The molecule has 0 fully saturated rings. The van der Waals surface area contributed by atoms with Crippen LogP contribution in [0.1, 0.15) is 5.56 Å². The van der Waals surface area contributed by atoms with Gasteiger partial charge >= 0.3 is 0 Å². The van der Waals surface area contributed by atoms with Gasteiger partial charge in [0.1, 0.15) is 11.4 Å². The van der Waals surface area contributed by atoms with Crippen molar-refractivity contribution in [1.29, 1.82) is 0 Å². The second-order valence-corrected chi connectivity index (χ2v) is 2.28. The first-order valence-electron chi connectivity index (χ1n) is 3.09. The van der Waals surface area contributed by atoms with Gasteiger partial charge in [0.05, 0.1) is 0 Å². The van der Waals surface area contributed by atoms with Crippen molar-refractivity contribution in [2.75, 3.05) is 0 Å². The zero-order valence-electron chi connectivity index (χ0n) is 5.57. The summed E-state index contributed by atoms with van der Waals surface area (Å²) < 4.78 is 0. The first-order chi connectivity index (χ1) is 4.86. The fourth-order valence-electron chi connectivity index (χ4n) is 0.917. The molecular weight excluding hydrogens is 126 g/mol. The minimum absolute atomic E-state index is 0.866. The van der Waals surface area contributed by atoms with Gasteiger partial charge in [-0.05, 0) is 29.8 Å². The summed E-state index contributed by atoms with van der Waals surface area (Å²) in [6.45, 7) is 2.02. The molecule has 3 nitrogen and oxygen atoms in total. The smallest absolute Gasteiger partial charge is 0.115 e. The molecular formula is C7H6N3. The third kappa shape index (κ3) is 0.673. The molecule has 0 aliphatic carbocycles. The van der Waals surface area contributed by atoms with Crippen LogP contribution in [0.15, 0.2) is 28.5 Å². The summed E-state index contributed by atoms with van der Waals surface area (Å²) in [5.74, 6) is 0. The summed E-state index contributed by atoms with van der Waals surface area (Å²) in [6, 6.07) is 5.89. The van der Waals surface area contributed by atoms with Crippen molar-refractivity contribution in [3.63, 3.8) is 0 Å². The normalized spacial score (nSPS) is 12.9. The Morgan fingerprint density at radius 3 is 3.00 bits per heavy atom. The highest BCUT2D eigenvalue weighted by molar-refractivity contribution is 5.62. The van der Waals surface area contributed by atoms with Crippen LogP contribution >= 0.6 is 0 Å². The minimum atomic E-state index is 0.866. The molecule has 0 bridgehead atoms. The summed E-state index contributed by atoms with van der Waals surface area (Å²) >= 11 is 0. The second-order valence-electron chi connectivity index (χ2n) is 2.28. The van der Waals surface area contributed by atoms with Crippen molar-refractivity contribution in [2.24, 2.45) is 10.3 Å². The van der Waals surface area contributed by atoms with Crippen molar-refractivity contribution in [3.05, 3.63) is 23.8 Å². The van der Waals surface area contributed by atoms with E-state index in [9.17, 15) is 0 Å². The van der Waals surface area contributed by atoms with E-state index in [0.29, 0.717) is 0 Å². The van der Waals surface area contributed by atoms with E-state index >= 15 is 0 Å². The molecule has 0 saturated heterocycles. The fourth-order valence-corrected chi connectivity index (χ4v) is 0.917. The van der Waals surface area contributed by atoms with Crippen LogP contribution < -0.4 is 5.43 Å². The number of fused-ring (bicyclic) bond motifs is 1. The number of nitrogens with zero attached hydrogens (tertiary/aromatic N) is 3. The molecule has 1 aromatic rings. The van der Waals surface area contributed by atoms with Gasteiger partial charge in [0, 0.05) is 0 Å². The molecule has 1 aliphatic heterocycles. The molecule has 0 unspecified atom stereocenters. The Morgan fingerprint density at radius 1 is 1.20 bits per heavy atom. The number of hydrogen-bond donors (Lipinski definition) is 0. The summed E-state index contributed by atoms with van der Waals surface area (Å²) in [4.78, 5) is 0. The lowest BCUT2D eigenvalue weighted by Gasteiger charge is -1.93. The highest BCUT2D eigenvalue weighted by atomic mass is 15.5. The van der Waals surface area contributed by atoms with Gasteiger partial charge in [0.25, 0.3) is 0 Å². The van der Waals surface area contributed by atoms with Crippen LogP contribution in [0.5, 0.6) is 0 Å². The predicted octanol–water partition coefficient (Wildman–Crippen LogP) is 2.24. The summed E-state index contributed by atoms with van der Waals surface area (Å²) in [5.41, 5.74) is 6.75. The van der Waals surface area contributed by atoms with Crippen LogP contribution in [0.3, 0.4) is 0 Å². The maximum atomic E-state index is 3.82. The minimum Gasteiger partial charge on any atom is -0.128 e. The molecule has 0 N–H and O–H groups in total. The largest absolute Gasteiger partial charge is 0.128 e. The Bertz CT molecular complexity index is 291. The van der Waals surface area contributed by atoms with E-state index < -0.39 is 0 Å². The fraction of sp³-hybridized carbons (Fsp3) is 0.143. The molecule has 49 valence electrons. The van der Waals surface area contributed by atoms with E-state index in [-0.39, 0.29) is 0 Å². The SMILES string of the molecule is Cc1ccc2c(c1)[N]N=N2. The number of rotatable bonds is 0. The van der Waals surface area contributed by atoms with Crippen molar-refractivity contribution in [2.45, 2.75) is 6.92 Å². The van der Waals surface area contributed by atoms with E-state index in [2.05, 4.69) is 15.8 Å². The predicted molar refractivity (Wildman–Crippen MR) is 37.5 cm³/mol. The number of aryl methyl sites for hydroxylation is 1. The quantitative estimate of drug-likeness (QED) is 0.519. The Labute approximate surface area is 58.8 Å². The third-order valence-electron chi connectivity index (χ3n) is 1.44. The van der Waals surface area contributed by atoms with Crippen molar-refractivity contribution >= 4 is 11.4 Å². The monoisotopic (exact) mass is 132 g/mol. The maximum absolute atomic E-state index is 3.82. The van der Waals surface area contributed by atoms with Crippen molar-refractivity contribution in [1.82, 2.24) is 5.43 Å². The standard InChI is InChI=1S/C7H6N3/c1-5-2-3-6-7(4-5)9-10-8-6/h2-4H,1H3. The van der Waals surface area contributed by atoms with Crippen LogP contribution in [0.25, 0.3) is 0 Å². The Kier molecular flexibility index (Phi) is 0.974. The van der Waals surface area contributed by atoms with Crippen LogP contribution in [0.4, 0.5) is 11.4 Å². The Morgan fingerprint density at radius 2 is 2.10 bits per heavy atom. The van der Waals surface area contributed by atoms with E-state index in [0.717, 1.165) is 11.4 Å². The highest BCUT2D eigenvalue weighted by Crippen LogP contribution is 2.30.